The molecule has 6 nitrogen and oxygen atoms in total. The van der Waals surface area contributed by atoms with Crippen LogP contribution in [-0.4, -0.2) is 15.3 Å². The highest BCUT2D eigenvalue weighted by molar-refractivity contribution is 5.97. The summed E-state index contributed by atoms with van der Waals surface area (Å²) in [6.07, 6.45) is 2.36. The van der Waals surface area contributed by atoms with Gasteiger partial charge in [0.25, 0.3) is 5.43 Å². The minimum Gasteiger partial charge on any atom is -0.347 e. The van der Waals surface area contributed by atoms with Crippen molar-refractivity contribution in [2.75, 3.05) is 0 Å². The number of carbonyl (C=O) groups excluding carboxylic acids is 1. The first-order chi connectivity index (χ1) is 10.8. The van der Waals surface area contributed by atoms with E-state index in [0.29, 0.717) is 0 Å². The van der Waals surface area contributed by atoms with E-state index in [1.54, 1.807) is 6.92 Å². The number of pyridine rings is 1. The Balaban J connectivity index is 2.21. The minimum atomic E-state index is -1.12. The van der Waals surface area contributed by atoms with Crippen LogP contribution in [0.3, 0.4) is 0 Å². The molecule has 0 aliphatic carbocycles. The number of halogens is 2. The van der Waals surface area contributed by atoms with Gasteiger partial charge < -0.3 is 4.57 Å². The van der Waals surface area contributed by atoms with Crippen molar-refractivity contribution in [2.24, 2.45) is 5.92 Å². The molecule has 0 aliphatic rings. The van der Waals surface area contributed by atoms with Crippen LogP contribution in [0.5, 0.6) is 0 Å². The van der Waals surface area contributed by atoms with Crippen LogP contribution < -0.4 is 5.43 Å². The number of carbonyl (C=O) groups is 1. The van der Waals surface area contributed by atoms with E-state index in [-0.39, 0.29) is 12.1 Å². The van der Waals surface area contributed by atoms with Crippen molar-refractivity contribution in [2.45, 2.75) is 13.5 Å². The molecule has 0 saturated carbocycles. The number of aromatic nitrogens is 1. The molecule has 0 amide bonds. The van der Waals surface area contributed by atoms with Gasteiger partial charge in [0.2, 0.25) is 0 Å². The van der Waals surface area contributed by atoms with Crippen LogP contribution in [0.1, 0.15) is 17.3 Å². The van der Waals surface area contributed by atoms with Crippen molar-refractivity contribution >= 4 is 11.5 Å². The van der Waals surface area contributed by atoms with Crippen LogP contribution in [-0.2, 0) is 6.54 Å². The van der Waals surface area contributed by atoms with Gasteiger partial charge in [-0.3, -0.25) is 19.7 Å². The second-order valence-electron chi connectivity index (χ2n) is 5.04. The van der Waals surface area contributed by atoms with Crippen molar-refractivity contribution in [3.05, 3.63) is 74.2 Å². The topological polar surface area (TPSA) is 82.2 Å². The average molecular weight is 322 g/mol. The molecule has 2 rings (SSSR count). The largest absolute Gasteiger partial charge is 0.347 e. The van der Waals surface area contributed by atoms with Crippen LogP contribution in [0.4, 0.5) is 14.5 Å². The molecule has 1 aromatic heterocycles. The third-order valence-electron chi connectivity index (χ3n) is 3.29. The van der Waals surface area contributed by atoms with Gasteiger partial charge in [0, 0.05) is 30.3 Å². The Morgan fingerprint density at radius 2 is 2.00 bits per heavy atom. The smallest absolute Gasteiger partial charge is 0.332 e. The average Bonchev–Trinajstić information content (AvgIpc) is 2.50. The molecule has 0 N–H and O–H groups in total. The number of nitro groups is 1. The summed E-state index contributed by atoms with van der Waals surface area (Å²) in [6, 6.07) is 3.87. The Hall–Kier alpha value is -2.90. The Labute approximate surface area is 129 Å². The van der Waals surface area contributed by atoms with E-state index in [0.717, 1.165) is 24.4 Å². The Kier molecular flexibility index (Phi) is 4.63. The highest BCUT2D eigenvalue weighted by atomic mass is 19.2. The number of nitrogens with zero attached hydrogens (tertiary/aromatic N) is 2. The van der Waals surface area contributed by atoms with Crippen LogP contribution in [0.2, 0.25) is 0 Å². The van der Waals surface area contributed by atoms with E-state index in [1.165, 1.54) is 16.8 Å². The number of hydrogen-bond donors (Lipinski definition) is 0. The van der Waals surface area contributed by atoms with Gasteiger partial charge in [-0.15, -0.1) is 0 Å². The van der Waals surface area contributed by atoms with Crippen molar-refractivity contribution in [3.63, 3.8) is 0 Å². The molecule has 1 unspecified atom stereocenters. The molecule has 0 saturated heterocycles. The SMILES string of the molecule is CC(Cn1ccc(=O)c([N+](=O)[O-])c1)C(=O)c1ccc(F)c(F)c1. The molecule has 1 atom stereocenters. The molecule has 120 valence electrons. The van der Waals surface area contributed by atoms with Gasteiger partial charge in [0.05, 0.1) is 11.1 Å². The fourth-order valence-corrected chi connectivity index (χ4v) is 2.10. The molecule has 8 heteroatoms. The molecule has 0 fully saturated rings. The van der Waals surface area contributed by atoms with E-state index in [1.807, 2.05) is 0 Å². The fourth-order valence-electron chi connectivity index (χ4n) is 2.10. The summed E-state index contributed by atoms with van der Waals surface area (Å²) in [7, 11) is 0. The molecule has 1 heterocycles. The van der Waals surface area contributed by atoms with Gasteiger partial charge >= 0.3 is 5.69 Å². The van der Waals surface area contributed by atoms with Crippen molar-refractivity contribution in [1.82, 2.24) is 4.57 Å². The molecule has 0 aliphatic heterocycles. The second kappa shape index (κ2) is 6.47. The zero-order valence-corrected chi connectivity index (χ0v) is 12.0. The standard InChI is InChI=1S/C15H12F2N2O4/c1-9(15(21)10-2-3-11(16)12(17)6-10)7-18-5-4-14(20)13(8-18)19(22)23/h2-6,8-9H,7H2,1H3. The summed E-state index contributed by atoms with van der Waals surface area (Å²) in [5, 5.41) is 10.7. The quantitative estimate of drug-likeness (QED) is 0.481. The number of hydrogen-bond acceptors (Lipinski definition) is 4. The van der Waals surface area contributed by atoms with Gasteiger partial charge in [0.15, 0.2) is 17.4 Å². The zero-order chi connectivity index (χ0) is 17.1. The lowest BCUT2D eigenvalue weighted by atomic mass is 9.99. The molecule has 0 spiro atoms. The van der Waals surface area contributed by atoms with Crippen LogP contribution in [0, 0.1) is 27.7 Å². The van der Waals surface area contributed by atoms with E-state index >= 15 is 0 Å². The van der Waals surface area contributed by atoms with E-state index in [9.17, 15) is 28.5 Å². The van der Waals surface area contributed by atoms with Crippen LogP contribution in [0.25, 0.3) is 0 Å². The Morgan fingerprint density at radius 1 is 1.30 bits per heavy atom. The number of rotatable bonds is 5. The van der Waals surface area contributed by atoms with Gasteiger partial charge in [-0.05, 0) is 18.2 Å². The maximum absolute atomic E-state index is 13.2. The Bertz CT molecular complexity index is 832. The highest BCUT2D eigenvalue weighted by Crippen LogP contribution is 2.15. The molecule has 23 heavy (non-hydrogen) atoms. The maximum atomic E-state index is 13.2. The molecule has 1 aromatic carbocycles. The lowest BCUT2D eigenvalue weighted by Crippen LogP contribution is -2.19. The lowest BCUT2D eigenvalue weighted by molar-refractivity contribution is -0.386. The summed E-state index contributed by atoms with van der Waals surface area (Å²) in [5.41, 5.74) is -1.32. The first-order valence-corrected chi connectivity index (χ1v) is 6.63. The predicted octanol–water partition coefficient (Wildman–Crippen LogP) is 2.55. The third-order valence-corrected chi connectivity index (χ3v) is 3.29. The number of Topliss-reactive ketones (excluding diaryl/α,β-unsaturated/α-hetero) is 1. The highest BCUT2D eigenvalue weighted by Gasteiger charge is 2.19. The molecule has 0 radical (unpaired) electrons. The summed E-state index contributed by atoms with van der Waals surface area (Å²) in [4.78, 5) is 33.5. The fraction of sp³-hybridized carbons (Fsp3) is 0.200. The van der Waals surface area contributed by atoms with Gasteiger partial charge in [-0.1, -0.05) is 6.92 Å². The lowest BCUT2D eigenvalue weighted by Gasteiger charge is -2.13. The summed E-state index contributed by atoms with van der Waals surface area (Å²) < 4.78 is 27.4. The second-order valence-corrected chi connectivity index (χ2v) is 5.04. The van der Waals surface area contributed by atoms with E-state index in [2.05, 4.69) is 0 Å². The minimum absolute atomic E-state index is 0.00643. The van der Waals surface area contributed by atoms with Gasteiger partial charge in [0.1, 0.15) is 0 Å². The van der Waals surface area contributed by atoms with Crippen LogP contribution >= 0.6 is 0 Å². The molecule has 2 aromatic rings. The predicted molar refractivity (Wildman–Crippen MR) is 77.2 cm³/mol. The van der Waals surface area contributed by atoms with Crippen molar-refractivity contribution in [1.29, 1.82) is 0 Å². The number of benzene rings is 1. The van der Waals surface area contributed by atoms with E-state index < -0.39 is 39.4 Å². The first kappa shape index (κ1) is 16.5. The van der Waals surface area contributed by atoms with Gasteiger partial charge in [-0.2, -0.15) is 0 Å². The molecule has 0 bridgehead atoms. The molecular weight excluding hydrogens is 310 g/mol. The third kappa shape index (κ3) is 3.65. The summed E-state index contributed by atoms with van der Waals surface area (Å²) >= 11 is 0. The number of ketones is 1. The normalized spacial score (nSPS) is 12.0. The summed E-state index contributed by atoms with van der Waals surface area (Å²) in [5.74, 6) is -3.26. The van der Waals surface area contributed by atoms with Crippen molar-refractivity contribution in [3.8, 4) is 0 Å². The molecular formula is C15H12F2N2O4. The first-order valence-electron chi connectivity index (χ1n) is 6.63. The van der Waals surface area contributed by atoms with Gasteiger partial charge in [-0.25, -0.2) is 8.78 Å². The van der Waals surface area contributed by atoms with Crippen LogP contribution in [0.15, 0.2) is 41.5 Å². The summed E-state index contributed by atoms with van der Waals surface area (Å²) in [6.45, 7) is 1.60. The Morgan fingerprint density at radius 3 is 2.61 bits per heavy atom. The van der Waals surface area contributed by atoms with Crippen molar-refractivity contribution < 1.29 is 18.5 Å². The monoisotopic (exact) mass is 322 g/mol. The maximum Gasteiger partial charge on any atom is 0.332 e. The van der Waals surface area contributed by atoms with E-state index in [4.69, 9.17) is 0 Å². The zero-order valence-electron chi connectivity index (χ0n) is 12.0.